The maximum absolute atomic E-state index is 12.8. The van der Waals surface area contributed by atoms with Gasteiger partial charge in [-0.05, 0) is 49.2 Å². The molecule has 6 nitrogen and oxygen atoms in total. The highest BCUT2D eigenvalue weighted by Gasteiger charge is 2.40. The molecule has 0 unspecified atom stereocenters. The lowest BCUT2D eigenvalue weighted by Gasteiger charge is -2.20. The molecule has 0 aromatic heterocycles. The molecule has 1 aliphatic rings. The van der Waals surface area contributed by atoms with Crippen LogP contribution in [0.3, 0.4) is 0 Å². The van der Waals surface area contributed by atoms with E-state index in [-0.39, 0.29) is 24.1 Å². The topological polar surface area (TPSA) is 78.5 Å². The predicted molar refractivity (Wildman–Crippen MR) is 101 cm³/mol. The zero-order chi connectivity index (χ0) is 18.8. The SMILES string of the molecule is CC(=O)Nc1ccc(N[C@@H]2CC(=O)N(c3c(C)cccc3C)C2=O)cc1. The van der Waals surface area contributed by atoms with Crippen LogP contribution in [-0.2, 0) is 14.4 Å². The second-order valence-corrected chi connectivity index (χ2v) is 6.47. The number of nitrogens with zero attached hydrogens (tertiary/aromatic N) is 1. The van der Waals surface area contributed by atoms with E-state index < -0.39 is 6.04 Å². The fourth-order valence-electron chi connectivity index (χ4n) is 3.19. The Labute approximate surface area is 152 Å². The number of carbonyl (C=O) groups excluding carboxylic acids is 3. The summed E-state index contributed by atoms with van der Waals surface area (Å²) in [7, 11) is 0. The average molecular weight is 351 g/mol. The molecule has 3 amide bonds. The van der Waals surface area contributed by atoms with E-state index >= 15 is 0 Å². The van der Waals surface area contributed by atoms with Gasteiger partial charge in [0.25, 0.3) is 5.91 Å². The summed E-state index contributed by atoms with van der Waals surface area (Å²) in [4.78, 5) is 37.7. The van der Waals surface area contributed by atoms with Crippen LogP contribution in [0, 0.1) is 13.8 Å². The summed E-state index contributed by atoms with van der Waals surface area (Å²) in [6, 6.07) is 12.1. The molecule has 2 aromatic carbocycles. The predicted octanol–water partition coefficient (Wildman–Crippen LogP) is 3.01. The van der Waals surface area contributed by atoms with Crippen LogP contribution in [0.4, 0.5) is 17.1 Å². The van der Waals surface area contributed by atoms with Crippen molar-refractivity contribution in [2.45, 2.75) is 33.2 Å². The first-order chi connectivity index (χ1) is 12.4. The lowest BCUT2D eigenvalue weighted by Crippen LogP contribution is -2.35. The molecule has 1 saturated heterocycles. The Morgan fingerprint density at radius 1 is 1.00 bits per heavy atom. The van der Waals surface area contributed by atoms with Gasteiger partial charge < -0.3 is 10.6 Å². The molecule has 2 N–H and O–H groups in total. The summed E-state index contributed by atoms with van der Waals surface area (Å²) in [5.41, 5.74) is 3.86. The molecule has 26 heavy (non-hydrogen) atoms. The number of carbonyl (C=O) groups is 3. The highest BCUT2D eigenvalue weighted by Crippen LogP contribution is 2.30. The monoisotopic (exact) mass is 351 g/mol. The van der Waals surface area contributed by atoms with E-state index in [1.807, 2.05) is 32.0 Å². The number of hydrogen-bond acceptors (Lipinski definition) is 4. The van der Waals surface area contributed by atoms with Crippen LogP contribution in [0.1, 0.15) is 24.5 Å². The quantitative estimate of drug-likeness (QED) is 0.830. The molecular formula is C20H21N3O3. The minimum atomic E-state index is -0.604. The molecule has 0 saturated carbocycles. The van der Waals surface area contributed by atoms with Crippen LogP contribution >= 0.6 is 0 Å². The summed E-state index contributed by atoms with van der Waals surface area (Å²) in [6.45, 7) is 5.23. The second-order valence-electron chi connectivity index (χ2n) is 6.47. The third kappa shape index (κ3) is 3.44. The lowest BCUT2D eigenvalue weighted by atomic mass is 10.1. The lowest BCUT2D eigenvalue weighted by molar-refractivity contribution is -0.121. The molecule has 1 fully saturated rings. The van der Waals surface area contributed by atoms with Gasteiger partial charge in [0.15, 0.2) is 0 Å². The molecule has 0 aliphatic carbocycles. The van der Waals surface area contributed by atoms with E-state index in [0.29, 0.717) is 17.1 Å². The van der Waals surface area contributed by atoms with Gasteiger partial charge in [-0.1, -0.05) is 18.2 Å². The van der Waals surface area contributed by atoms with E-state index in [4.69, 9.17) is 0 Å². The highest BCUT2D eigenvalue weighted by molar-refractivity contribution is 6.23. The van der Waals surface area contributed by atoms with Crippen LogP contribution < -0.4 is 15.5 Å². The van der Waals surface area contributed by atoms with Gasteiger partial charge in [-0.25, -0.2) is 4.90 Å². The number of imide groups is 1. The van der Waals surface area contributed by atoms with Gasteiger partial charge in [-0.2, -0.15) is 0 Å². The van der Waals surface area contributed by atoms with Crippen LogP contribution in [0.2, 0.25) is 0 Å². The van der Waals surface area contributed by atoms with Crippen molar-refractivity contribution in [1.82, 2.24) is 0 Å². The second kappa shape index (κ2) is 7.00. The first-order valence-electron chi connectivity index (χ1n) is 8.44. The van der Waals surface area contributed by atoms with Crippen LogP contribution in [-0.4, -0.2) is 23.8 Å². The minimum Gasteiger partial charge on any atom is -0.373 e. The standard InChI is InChI=1S/C20H21N3O3/c1-12-5-4-6-13(2)19(12)23-18(25)11-17(20(23)26)22-16-9-7-15(8-10-16)21-14(3)24/h4-10,17,22H,11H2,1-3H3,(H,21,24)/t17-/m1/s1. The number of hydrogen-bond donors (Lipinski definition) is 2. The largest absolute Gasteiger partial charge is 0.373 e. The number of anilines is 3. The number of rotatable bonds is 4. The van der Waals surface area contributed by atoms with Crippen molar-refractivity contribution in [3.05, 3.63) is 53.6 Å². The maximum atomic E-state index is 12.8. The molecule has 2 aromatic rings. The molecule has 6 heteroatoms. The first-order valence-corrected chi connectivity index (χ1v) is 8.44. The first kappa shape index (κ1) is 17.7. The third-order valence-corrected chi connectivity index (χ3v) is 4.36. The van der Waals surface area contributed by atoms with E-state index in [9.17, 15) is 14.4 Å². The maximum Gasteiger partial charge on any atom is 0.256 e. The minimum absolute atomic E-state index is 0.111. The number of amides is 3. The molecule has 1 atom stereocenters. The van der Waals surface area contributed by atoms with Crippen LogP contribution in [0.25, 0.3) is 0 Å². The van der Waals surface area contributed by atoms with Gasteiger partial charge in [-0.3, -0.25) is 14.4 Å². The van der Waals surface area contributed by atoms with Crippen molar-refractivity contribution in [3.8, 4) is 0 Å². The number of aryl methyl sites for hydroxylation is 2. The van der Waals surface area contributed by atoms with Gasteiger partial charge in [-0.15, -0.1) is 0 Å². The zero-order valence-electron chi connectivity index (χ0n) is 15.0. The zero-order valence-corrected chi connectivity index (χ0v) is 15.0. The summed E-state index contributed by atoms with van der Waals surface area (Å²) >= 11 is 0. The third-order valence-electron chi connectivity index (χ3n) is 4.36. The normalized spacial score (nSPS) is 16.7. The Balaban J connectivity index is 1.78. The molecule has 134 valence electrons. The molecule has 3 rings (SSSR count). The van der Waals surface area contributed by atoms with E-state index in [2.05, 4.69) is 10.6 Å². The van der Waals surface area contributed by atoms with Crippen molar-refractivity contribution < 1.29 is 14.4 Å². The van der Waals surface area contributed by atoms with E-state index in [1.54, 1.807) is 24.3 Å². The average Bonchev–Trinajstić information content (AvgIpc) is 2.84. The molecule has 0 bridgehead atoms. The highest BCUT2D eigenvalue weighted by atomic mass is 16.2. The Morgan fingerprint density at radius 2 is 1.58 bits per heavy atom. The van der Waals surface area contributed by atoms with Crippen molar-refractivity contribution in [1.29, 1.82) is 0 Å². The molecule has 1 heterocycles. The number of para-hydroxylation sites is 1. The summed E-state index contributed by atoms with van der Waals surface area (Å²) in [5.74, 6) is -0.607. The number of benzene rings is 2. The fourth-order valence-corrected chi connectivity index (χ4v) is 3.19. The Morgan fingerprint density at radius 3 is 2.15 bits per heavy atom. The van der Waals surface area contributed by atoms with Gasteiger partial charge in [0, 0.05) is 18.3 Å². The van der Waals surface area contributed by atoms with Crippen molar-refractivity contribution in [2.24, 2.45) is 0 Å². The molecule has 1 aliphatic heterocycles. The smallest absolute Gasteiger partial charge is 0.256 e. The van der Waals surface area contributed by atoms with Gasteiger partial charge in [0.2, 0.25) is 11.8 Å². The summed E-state index contributed by atoms with van der Waals surface area (Å²) in [6.07, 6.45) is 0.111. The Hall–Kier alpha value is -3.15. The Kier molecular flexibility index (Phi) is 4.75. The summed E-state index contributed by atoms with van der Waals surface area (Å²) < 4.78 is 0. The van der Waals surface area contributed by atoms with Crippen molar-refractivity contribution >= 4 is 34.8 Å². The van der Waals surface area contributed by atoms with Crippen LogP contribution in [0.5, 0.6) is 0 Å². The summed E-state index contributed by atoms with van der Waals surface area (Å²) in [5, 5.41) is 5.80. The number of nitrogens with one attached hydrogen (secondary N) is 2. The van der Waals surface area contributed by atoms with Gasteiger partial charge in [0.05, 0.1) is 12.1 Å². The Bertz CT molecular complexity index is 854. The molecular weight excluding hydrogens is 330 g/mol. The van der Waals surface area contributed by atoms with Crippen LogP contribution in [0.15, 0.2) is 42.5 Å². The van der Waals surface area contributed by atoms with Gasteiger partial charge >= 0.3 is 0 Å². The van der Waals surface area contributed by atoms with Gasteiger partial charge in [0.1, 0.15) is 6.04 Å². The van der Waals surface area contributed by atoms with Crippen molar-refractivity contribution in [3.63, 3.8) is 0 Å². The van der Waals surface area contributed by atoms with E-state index in [0.717, 1.165) is 11.1 Å². The molecule has 0 radical (unpaired) electrons. The molecule has 0 spiro atoms. The van der Waals surface area contributed by atoms with E-state index in [1.165, 1.54) is 11.8 Å². The van der Waals surface area contributed by atoms with Crippen molar-refractivity contribution in [2.75, 3.05) is 15.5 Å². The fraction of sp³-hybridized carbons (Fsp3) is 0.250.